The lowest BCUT2D eigenvalue weighted by atomic mass is 9.86. The van der Waals surface area contributed by atoms with Crippen molar-refractivity contribution < 1.29 is 4.79 Å². The fraction of sp³-hybridized carbons (Fsp3) is 0.350. The Morgan fingerprint density at radius 1 is 1.05 bits per heavy atom. The highest BCUT2D eigenvalue weighted by Crippen LogP contribution is 2.31. The van der Waals surface area contributed by atoms with Crippen molar-refractivity contribution in [1.29, 1.82) is 0 Å². The van der Waals surface area contributed by atoms with Gasteiger partial charge in [0.1, 0.15) is 0 Å². The average molecular weight is 293 g/mol. The second-order valence-corrected chi connectivity index (χ2v) is 7.09. The Balaban J connectivity index is 1.73. The van der Waals surface area contributed by atoms with Gasteiger partial charge in [0.25, 0.3) is 5.91 Å². The second-order valence-electron chi connectivity index (χ2n) is 7.09. The fourth-order valence-corrected chi connectivity index (χ4v) is 3.07. The summed E-state index contributed by atoms with van der Waals surface area (Å²) in [5.74, 6) is 0.0159. The van der Waals surface area contributed by atoms with E-state index >= 15 is 0 Å². The van der Waals surface area contributed by atoms with Crippen molar-refractivity contribution in [3.63, 3.8) is 0 Å². The van der Waals surface area contributed by atoms with Crippen LogP contribution in [-0.2, 0) is 11.8 Å². The van der Waals surface area contributed by atoms with Crippen LogP contribution in [-0.4, -0.2) is 5.91 Å². The minimum atomic E-state index is 0.0159. The number of carbonyl (C=O) groups is 1. The van der Waals surface area contributed by atoms with E-state index in [-0.39, 0.29) is 17.4 Å². The first-order valence-corrected chi connectivity index (χ1v) is 7.94. The molecule has 2 aromatic carbocycles. The van der Waals surface area contributed by atoms with Crippen LogP contribution in [0.4, 0.5) is 0 Å². The van der Waals surface area contributed by atoms with E-state index in [0.29, 0.717) is 0 Å². The molecule has 0 unspecified atom stereocenters. The molecular formula is C20H23NO. The Labute approximate surface area is 132 Å². The highest BCUT2D eigenvalue weighted by atomic mass is 16.1. The van der Waals surface area contributed by atoms with E-state index in [2.05, 4.69) is 56.4 Å². The van der Waals surface area contributed by atoms with Gasteiger partial charge in [0, 0.05) is 5.56 Å². The summed E-state index contributed by atoms with van der Waals surface area (Å²) in [5, 5.41) is 3.17. The quantitative estimate of drug-likeness (QED) is 0.873. The standard InChI is InChI=1S/C20H23NO/c1-20(2,3)16-11-8-15(9-12-16)19(22)21-18-13-10-14-6-4-5-7-17(14)18/h4-9,11-12,18H,10,13H2,1-3H3,(H,21,22)/t18-/m1/s1. The third-order valence-electron chi connectivity index (χ3n) is 4.45. The molecule has 0 aliphatic heterocycles. The van der Waals surface area contributed by atoms with Crippen LogP contribution in [0.3, 0.4) is 0 Å². The molecule has 2 heteroatoms. The maximum absolute atomic E-state index is 12.5. The number of hydrogen-bond acceptors (Lipinski definition) is 1. The summed E-state index contributed by atoms with van der Waals surface area (Å²) in [6.45, 7) is 6.53. The van der Waals surface area contributed by atoms with E-state index in [4.69, 9.17) is 0 Å². The minimum absolute atomic E-state index is 0.0159. The molecule has 1 N–H and O–H groups in total. The van der Waals surface area contributed by atoms with Crippen LogP contribution in [0.5, 0.6) is 0 Å². The molecule has 2 nitrogen and oxygen atoms in total. The summed E-state index contributed by atoms with van der Waals surface area (Å²) < 4.78 is 0. The zero-order chi connectivity index (χ0) is 15.7. The van der Waals surface area contributed by atoms with E-state index in [1.54, 1.807) is 0 Å². The lowest BCUT2D eigenvalue weighted by Gasteiger charge is -2.19. The predicted molar refractivity (Wildman–Crippen MR) is 90.1 cm³/mol. The van der Waals surface area contributed by atoms with Crippen LogP contribution in [0.2, 0.25) is 0 Å². The predicted octanol–water partition coefficient (Wildman–Crippen LogP) is 4.40. The number of aryl methyl sites for hydroxylation is 1. The van der Waals surface area contributed by atoms with E-state index in [9.17, 15) is 4.79 Å². The van der Waals surface area contributed by atoms with Gasteiger partial charge in [0.05, 0.1) is 6.04 Å². The summed E-state index contributed by atoms with van der Waals surface area (Å²) in [6.07, 6.45) is 2.04. The SMILES string of the molecule is CC(C)(C)c1ccc(C(=O)N[C@@H]2CCc3ccccc32)cc1. The summed E-state index contributed by atoms with van der Waals surface area (Å²) in [4.78, 5) is 12.5. The van der Waals surface area contributed by atoms with E-state index in [1.807, 2.05) is 18.2 Å². The molecule has 0 saturated heterocycles. The Bertz CT molecular complexity index is 680. The second kappa shape index (κ2) is 5.60. The van der Waals surface area contributed by atoms with Crippen LogP contribution in [0, 0.1) is 0 Å². The van der Waals surface area contributed by atoms with Crippen molar-refractivity contribution in [3.8, 4) is 0 Å². The molecule has 0 radical (unpaired) electrons. The lowest BCUT2D eigenvalue weighted by Crippen LogP contribution is -2.27. The maximum atomic E-state index is 12.5. The van der Waals surface area contributed by atoms with Crippen LogP contribution in [0.15, 0.2) is 48.5 Å². The summed E-state index contributed by atoms with van der Waals surface area (Å²) >= 11 is 0. The average Bonchev–Trinajstić information content (AvgIpc) is 2.90. The molecule has 3 rings (SSSR count). The Hall–Kier alpha value is -2.09. The highest BCUT2D eigenvalue weighted by Gasteiger charge is 2.24. The molecule has 1 amide bonds. The van der Waals surface area contributed by atoms with Gasteiger partial charge in [-0.25, -0.2) is 0 Å². The minimum Gasteiger partial charge on any atom is -0.345 e. The van der Waals surface area contributed by atoms with Crippen molar-refractivity contribution in [2.45, 2.75) is 45.1 Å². The molecule has 2 aromatic rings. The van der Waals surface area contributed by atoms with Gasteiger partial charge < -0.3 is 5.32 Å². The number of benzene rings is 2. The number of rotatable bonds is 2. The number of carbonyl (C=O) groups excluding carboxylic acids is 1. The zero-order valence-electron chi connectivity index (χ0n) is 13.5. The third-order valence-corrected chi connectivity index (χ3v) is 4.45. The molecule has 0 spiro atoms. The Kier molecular flexibility index (Phi) is 3.78. The van der Waals surface area contributed by atoms with Crippen LogP contribution in [0.1, 0.15) is 60.3 Å². The first-order valence-electron chi connectivity index (χ1n) is 7.94. The molecule has 114 valence electrons. The first-order chi connectivity index (χ1) is 10.4. The van der Waals surface area contributed by atoms with Gasteiger partial charge in [-0.05, 0) is 47.1 Å². The van der Waals surface area contributed by atoms with E-state index in [0.717, 1.165) is 18.4 Å². The molecule has 22 heavy (non-hydrogen) atoms. The largest absolute Gasteiger partial charge is 0.345 e. The molecule has 0 bridgehead atoms. The molecule has 0 aromatic heterocycles. The van der Waals surface area contributed by atoms with Crippen molar-refractivity contribution in [1.82, 2.24) is 5.32 Å². The molecule has 0 saturated carbocycles. The summed E-state index contributed by atoms with van der Waals surface area (Å²) in [6, 6.07) is 16.5. The first kappa shape index (κ1) is 14.8. The molecular weight excluding hydrogens is 270 g/mol. The van der Waals surface area contributed by atoms with Crippen molar-refractivity contribution >= 4 is 5.91 Å². The monoisotopic (exact) mass is 293 g/mol. The van der Waals surface area contributed by atoms with Gasteiger partial charge in [-0.2, -0.15) is 0 Å². The number of fused-ring (bicyclic) bond motifs is 1. The molecule has 1 aliphatic carbocycles. The van der Waals surface area contributed by atoms with Crippen molar-refractivity contribution in [3.05, 3.63) is 70.8 Å². The van der Waals surface area contributed by atoms with Gasteiger partial charge in [-0.15, -0.1) is 0 Å². The highest BCUT2D eigenvalue weighted by molar-refractivity contribution is 5.94. The van der Waals surface area contributed by atoms with Crippen LogP contribution in [0.25, 0.3) is 0 Å². The van der Waals surface area contributed by atoms with E-state index in [1.165, 1.54) is 16.7 Å². The van der Waals surface area contributed by atoms with Crippen LogP contribution < -0.4 is 5.32 Å². The molecule has 0 fully saturated rings. The number of amides is 1. The zero-order valence-corrected chi connectivity index (χ0v) is 13.5. The van der Waals surface area contributed by atoms with Gasteiger partial charge >= 0.3 is 0 Å². The van der Waals surface area contributed by atoms with Gasteiger partial charge in [-0.1, -0.05) is 57.2 Å². The van der Waals surface area contributed by atoms with Gasteiger partial charge in [-0.3, -0.25) is 4.79 Å². The topological polar surface area (TPSA) is 29.1 Å². The maximum Gasteiger partial charge on any atom is 0.251 e. The molecule has 0 heterocycles. The molecule has 1 atom stereocenters. The van der Waals surface area contributed by atoms with Gasteiger partial charge in [0.15, 0.2) is 0 Å². The number of hydrogen-bond donors (Lipinski definition) is 1. The van der Waals surface area contributed by atoms with Crippen molar-refractivity contribution in [2.24, 2.45) is 0 Å². The lowest BCUT2D eigenvalue weighted by molar-refractivity contribution is 0.0936. The normalized spacial score (nSPS) is 17.1. The molecule has 1 aliphatic rings. The van der Waals surface area contributed by atoms with Crippen LogP contribution >= 0.6 is 0 Å². The van der Waals surface area contributed by atoms with Crippen molar-refractivity contribution in [2.75, 3.05) is 0 Å². The Morgan fingerprint density at radius 2 is 1.73 bits per heavy atom. The number of nitrogens with one attached hydrogen (secondary N) is 1. The summed E-state index contributed by atoms with van der Waals surface area (Å²) in [7, 11) is 0. The fourth-order valence-electron chi connectivity index (χ4n) is 3.07. The third kappa shape index (κ3) is 2.92. The smallest absolute Gasteiger partial charge is 0.251 e. The van der Waals surface area contributed by atoms with Gasteiger partial charge in [0.2, 0.25) is 0 Å². The van der Waals surface area contributed by atoms with E-state index < -0.39 is 0 Å². The summed E-state index contributed by atoms with van der Waals surface area (Å²) in [5.41, 5.74) is 4.71. The Morgan fingerprint density at radius 3 is 2.41 bits per heavy atom.